The zero-order chi connectivity index (χ0) is 15.0. The summed E-state index contributed by atoms with van der Waals surface area (Å²) in [6.45, 7) is 6.11. The lowest BCUT2D eigenvalue weighted by molar-refractivity contribution is 0.866. The molecule has 0 saturated heterocycles. The van der Waals surface area contributed by atoms with Gasteiger partial charge in [-0.1, -0.05) is 12.1 Å². The van der Waals surface area contributed by atoms with Crippen molar-refractivity contribution in [1.29, 1.82) is 10.5 Å². The van der Waals surface area contributed by atoms with Crippen molar-refractivity contribution < 1.29 is 0 Å². The Labute approximate surface area is 119 Å². The van der Waals surface area contributed by atoms with Gasteiger partial charge in [-0.15, -0.1) is 0 Å². The van der Waals surface area contributed by atoms with Crippen LogP contribution in [0.25, 0.3) is 0 Å². The second kappa shape index (κ2) is 7.60. The van der Waals surface area contributed by atoms with Gasteiger partial charge in [-0.2, -0.15) is 10.5 Å². The van der Waals surface area contributed by atoms with E-state index in [1.54, 1.807) is 12.1 Å². The first kappa shape index (κ1) is 15.3. The van der Waals surface area contributed by atoms with Crippen LogP contribution in [-0.2, 0) is 0 Å². The molecule has 0 bridgehead atoms. The molecule has 0 fully saturated rings. The molecule has 1 aromatic carbocycles. The molecule has 5 nitrogen and oxygen atoms in total. The Kier molecular flexibility index (Phi) is 5.80. The minimum absolute atomic E-state index is 0.0691. The predicted octanol–water partition coefficient (Wildman–Crippen LogP) is 2.17. The molecular formula is C15H17N5. The third kappa shape index (κ3) is 3.86. The third-order valence-corrected chi connectivity index (χ3v) is 2.85. The zero-order valence-electron chi connectivity index (χ0n) is 11.7. The van der Waals surface area contributed by atoms with Crippen LogP contribution in [0.2, 0.25) is 0 Å². The van der Waals surface area contributed by atoms with Gasteiger partial charge in [0.05, 0.1) is 0 Å². The summed E-state index contributed by atoms with van der Waals surface area (Å²) in [5, 5.41) is 17.4. The molecule has 5 heteroatoms. The number of benzene rings is 1. The number of aliphatic imine (C=N–C) groups is 1. The number of hydrogen-bond donors (Lipinski definition) is 1. The summed E-state index contributed by atoms with van der Waals surface area (Å²) in [6.07, 6.45) is 1.52. The SMILES string of the molecule is CCN(CC)c1ccc(C=N/C(C#N)=C(/N)C#N)cc1. The first-order valence-electron chi connectivity index (χ1n) is 6.35. The lowest BCUT2D eigenvalue weighted by atomic mass is 10.2. The van der Waals surface area contributed by atoms with Crippen LogP contribution in [0.3, 0.4) is 0 Å². The van der Waals surface area contributed by atoms with Crippen molar-refractivity contribution in [2.24, 2.45) is 10.7 Å². The quantitative estimate of drug-likeness (QED) is 0.654. The minimum Gasteiger partial charge on any atom is -0.388 e. The van der Waals surface area contributed by atoms with Crippen molar-refractivity contribution in [3.63, 3.8) is 0 Å². The number of nitriles is 2. The fourth-order valence-electron chi connectivity index (χ4n) is 1.71. The Morgan fingerprint density at radius 3 is 2.25 bits per heavy atom. The van der Waals surface area contributed by atoms with E-state index in [1.165, 1.54) is 6.21 Å². The maximum absolute atomic E-state index is 8.83. The summed E-state index contributed by atoms with van der Waals surface area (Å²) in [5.74, 6) is 0. The lowest BCUT2D eigenvalue weighted by Crippen LogP contribution is -2.21. The van der Waals surface area contributed by atoms with E-state index in [1.807, 2.05) is 24.3 Å². The molecule has 0 spiro atoms. The highest BCUT2D eigenvalue weighted by Gasteiger charge is 2.01. The average molecular weight is 267 g/mol. The topological polar surface area (TPSA) is 89.2 Å². The molecule has 0 aromatic heterocycles. The van der Waals surface area contributed by atoms with Crippen LogP contribution >= 0.6 is 0 Å². The van der Waals surface area contributed by atoms with Gasteiger partial charge in [0.2, 0.25) is 0 Å². The second-order valence-electron chi connectivity index (χ2n) is 4.01. The Hall–Kier alpha value is -2.79. The van der Waals surface area contributed by atoms with Crippen LogP contribution in [0.15, 0.2) is 40.7 Å². The van der Waals surface area contributed by atoms with E-state index in [-0.39, 0.29) is 11.4 Å². The van der Waals surface area contributed by atoms with Gasteiger partial charge in [0, 0.05) is 25.0 Å². The molecule has 0 aliphatic carbocycles. The van der Waals surface area contributed by atoms with Crippen LogP contribution in [-0.4, -0.2) is 19.3 Å². The lowest BCUT2D eigenvalue weighted by Gasteiger charge is -2.20. The molecule has 0 aliphatic rings. The van der Waals surface area contributed by atoms with E-state index in [0.29, 0.717) is 0 Å². The van der Waals surface area contributed by atoms with Crippen molar-refractivity contribution in [2.75, 3.05) is 18.0 Å². The molecule has 2 N–H and O–H groups in total. The van der Waals surface area contributed by atoms with Crippen molar-refractivity contribution in [1.82, 2.24) is 0 Å². The highest BCUT2D eigenvalue weighted by molar-refractivity contribution is 5.81. The summed E-state index contributed by atoms with van der Waals surface area (Å²) >= 11 is 0. The smallest absolute Gasteiger partial charge is 0.174 e. The van der Waals surface area contributed by atoms with Gasteiger partial charge in [-0.05, 0) is 31.5 Å². The van der Waals surface area contributed by atoms with Crippen molar-refractivity contribution >= 4 is 11.9 Å². The number of anilines is 1. The van der Waals surface area contributed by atoms with Gasteiger partial charge in [0.25, 0.3) is 0 Å². The van der Waals surface area contributed by atoms with Gasteiger partial charge in [-0.3, -0.25) is 0 Å². The van der Waals surface area contributed by atoms with Crippen LogP contribution in [0.1, 0.15) is 19.4 Å². The summed E-state index contributed by atoms with van der Waals surface area (Å²) in [4.78, 5) is 6.16. The highest BCUT2D eigenvalue weighted by Crippen LogP contribution is 2.14. The van der Waals surface area contributed by atoms with Gasteiger partial charge >= 0.3 is 0 Å². The Bertz CT molecular complexity index is 580. The standard InChI is InChI=1S/C15H17N5/c1-3-20(4-2)13-7-5-12(6-8-13)11-19-15(10-17)14(18)9-16/h5-8,11H,3-4,18H2,1-2H3/b15-14+,19-11?. The highest BCUT2D eigenvalue weighted by atomic mass is 15.1. The Balaban J connectivity index is 2.91. The molecule has 1 aromatic rings. The van der Waals surface area contributed by atoms with Crippen LogP contribution in [0, 0.1) is 22.7 Å². The molecule has 20 heavy (non-hydrogen) atoms. The molecule has 1 rings (SSSR count). The van der Waals surface area contributed by atoms with E-state index in [0.717, 1.165) is 24.3 Å². The van der Waals surface area contributed by atoms with Crippen LogP contribution in [0.5, 0.6) is 0 Å². The molecule has 102 valence electrons. The van der Waals surface area contributed by atoms with E-state index in [4.69, 9.17) is 16.3 Å². The van der Waals surface area contributed by atoms with E-state index >= 15 is 0 Å². The monoisotopic (exact) mass is 267 g/mol. The van der Waals surface area contributed by atoms with Gasteiger partial charge in [-0.25, -0.2) is 4.99 Å². The minimum atomic E-state index is -0.177. The van der Waals surface area contributed by atoms with E-state index < -0.39 is 0 Å². The molecule has 0 radical (unpaired) electrons. The fourth-order valence-corrected chi connectivity index (χ4v) is 1.71. The Morgan fingerprint density at radius 2 is 1.80 bits per heavy atom. The largest absolute Gasteiger partial charge is 0.388 e. The van der Waals surface area contributed by atoms with Crippen LogP contribution < -0.4 is 10.6 Å². The summed E-state index contributed by atoms with van der Waals surface area (Å²) < 4.78 is 0. The second-order valence-corrected chi connectivity index (χ2v) is 4.01. The van der Waals surface area contributed by atoms with E-state index in [2.05, 4.69) is 23.7 Å². The van der Waals surface area contributed by atoms with Gasteiger partial charge in [0.1, 0.15) is 17.8 Å². The molecule has 0 aliphatic heterocycles. The number of hydrogen-bond acceptors (Lipinski definition) is 5. The molecule has 0 unspecified atom stereocenters. The maximum atomic E-state index is 8.83. The van der Waals surface area contributed by atoms with E-state index in [9.17, 15) is 0 Å². The van der Waals surface area contributed by atoms with Crippen molar-refractivity contribution in [3.05, 3.63) is 41.2 Å². The third-order valence-electron chi connectivity index (χ3n) is 2.85. The van der Waals surface area contributed by atoms with Gasteiger partial charge in [0.15, 0.2) is 5.70 Å². The molecular weight excluding hydrogens is 250 g/mol. The van der Waals surface area contributed by atoms with Crippen molar-refractivity contribution in [3.8, 4) is 12.1 Å². The zero-order valence-corrected chi connectivity index (χ0v) is 11.7. The molecule has 0 heterocycles. The molecule has 0 saturated carbocycles. The normalized spacial score (nSPS) is 11.6. The first-order valence-corrected chi connectivity index (χ1v) is 6.35. The van der Waals surface area contributed by atoms with Crippen LogP contribution in [0.4, 0.5) is 5.69 Å². The summed E-state index contributed by atoms with van der Waals surface area (Å²) in [5.41, 5.74) is 7.11. The number of nitrogens with zero attached hydrogens (tertiary/aromatic N) is 4. The predicted molar refractivity (Wildman–Crippen MR) is 80.0 cm³/mol. The number of rotatable bonds is 5. The maximum Gasteiger partial charge on any atom is 0.174 e. The molecule has 0 atom stereocenters. The number of allylic oxidation sites excluding steroid dienone is 2. The summed E-state index contributed by atoms with van der Waals surface area (Å²) in [6, 6.07) is 11.3. The first-order chi connectivity index (χ1) is 9.65. The number of nitrogens with two attached hydrogens (primary N) is 1. The summed E-state index contributed by atoms with van der Waals surface area (Å²) in [7, 11) is 0. The molecule has 0 amide bonds. The fraction of sp³-hybridized carbons (Fsp3) is 0.267. The Morgan fingerprint density at radius 1 is 1.20 bits per heavy atom. The van der Waals surface area contributed by atoms with Crippen molar-refractivity contribution in [2.45, 2.75) is 13.8 Å². The van der Waals surface area contributed by atoms with Gasteiger partial charge < -0.3 is 10.6 Å². The average Bonchev–Trinajstić information content (AvgIpc) is 2.50.